The molecule has 0 radical (unpaired) electrons. The monoisotopic (exact) mass is 386 g/mol. The highest BCUT2D eigenvalue weighted by Crippen LogP contribution is 2.23. The number of carboxylic acid groups (broad SMARTS) is 1. The van der Waals surface area contributed by atoms with Crippen LogP contribution in [0.25, 0.3) is 11.3 Å². The van der Waals surface area contributed by atoms with Crippen LogP contribution in [0.1, 0.15) is 21.6 Å². The second-order valence-electron chi connectivity index (χ2n) is 7.32. The number of morpholine rings is 1. The molecule has 28 heavy (non-hydrogen) atoms. The van der Waals surface area contributed by atoms with Crippen LogP contribution in [0.2, 0.25) is 0 Å². The van der Waals surface area contributed by atoms with Crippen molar-refractivity contribution in [1.29, 1.82) is 0 Å². The Morgan fingerprint density at radius 1 is 1.36 bits per heavy atom. The summed E-state index contributed by atoms with van der Waals surface area (Å²) < 4.78 is 5.69. The quantitative estimate of drug-likeness (QED) is 0.782. The molecule has 1 aromatic heterocycles. The van der Waals surface area contributed by atoms with Crippen molar-refractivity contribution in [1.82, 2.24) is 20.0 Å². The number of H-pyrrole nitrogens is 1. The van der Waals surface area contributed by atoms with Gasteiger partial charge in [0.2, 0.25) is 0 Å². The first-order chi connectivity index (χ1) is 13.3. The van der Waals surface area contributed by atoms with Gasteiger partial charge in [-0.25, -0.2) is 0 Å². The number of carboxylic acids is 1. The summed E-state index contributed by atoms with van der Waals surface area (Å²) in [5, 5.41) is 16.0. The van der Waals surface area contributed by atoms with Crippen LogP contribution < -0.4 is 0 Å². The van der Waals surface area contributed by atoms with E-state index < -0.39 is 5.97 Å². The zero-order valence-electron chi connectivity index (χ0n) is 16.4. The molecule has 1 unspecified atom stereocenters. The predicted octanol–water partition coefficient (Wildman–Crippen LogP) is 1.55. The Morgan fingerprint density at radius 2 is 2.14 bits per heavy atom. The Hall–Kier alpha value is -2.71. The van der Waals surface area contributed by atoms with Gasteiger partial charge in [-0.3, -0.25) is 19.6 Å². The molecule has 1 aliphatic heterocycles. The average Bonchev–Trinajstić information content (AvgIpc) is 3.10. The highest BCUT2D eigenvalue weighted by atomic mass is 16.5. The minimum absolute atomic E-state index is 0.0619. The molecule has 2 N–H and O–H groups in total. The smallest absolute Gasteiger partial charge is 0.317 e. The summed E-state index contributed by atoms with van der Waals surface area (Å²) in [5.74, 6) is -1.01. The van der Waals surface area contributed by atoms with Crippen molar-refractivity contribution in [2.45, 2.75) is 20.0 Å². The molecule has 2 heterocycles. The van der Waals surface area contributed by atoms with Gasteiger partial charge in [0.15, 0.2) is 0 Å². The predicted molar refractivity (Wildman–Crippen MR) is 104 cm³/mol. The molecule has 3 rings (SSSR count). The first-order valence-electron chi connectivity index (χ1n) is 9.27. The van der Waals surface area contributed by atoms with Gasteiger partial charge < -0.3 is 14.7 Å². The number of carbonyl (C=O) groups is 2. The summed E-state index contributed by atoms with van der Waals surface area (Å²) in [6.45, 7) is 5.80. The molecule has 1 aliphatic rings. The van der Waals surface area contributed by atoms with E-state index in [1.807, 2.05) is 26.0 Å². The van der Waals surface area contributed by atoms with Gasteiger partial charge in [0.1, 0.15) is 5.69 Å². The first-order valence-corrected chi connectivity index (χ1v) is 9.27. The lowest BCUT2D eigenvalue weighted by atomic mass is 10.0. The van der Waals surface area contributed by atoms with Gasteiger partial charge in [0.05, 0.1) is 24.9 Å². The van der Waals surface area contributed by atoms with Crippen LogP contribution in [-0.2, 0) is 9.53 Å². The molecule has 1 atom stereocenters. The molecule has 8 nitrogen and oxygen atoms in total. The van der Waals surface area contributed by atoms with Gasteiger partial charge in [-0.2, -0.15) is 5.10 Å². The summed E-state index contributed by atoms with van der Waals surface area (Å²) in [7, 11) is 1.73. The fraction of sp³-hybridized carbons (Fsp3) is 0.450. The SMILES string of the molecule is Cc1ccc(-c2cc(C(=O)N3CCOC(CN(C)CC(=O)O)C3)[nH]n2)c(C)c1. The van der Waals surface area contributed by atoms with Crippen molar-refractivity contribution in [2.75, 3.05) is 39.8 Å². The Morgan fingerprint density at radius 3 is 2.86 bits per heavy atom. The van der Waals surface area contributed by atoms with E-state index in [0.29, 0.717) is 31.9 Å². The van der Waals surface area contributed by atoms with Gasteiger partial charge in [-0.1, -0.05) is 23.8 Å². The molecule has 1 saturated heterocycles. The minimum Gasteiger partial charge on any atom is -0.480 e. The van der Waals surface area contributed by atoms with Crippen molar-refractivity contribution in [3.8, 4) is 11.3 Å². The van der Waals surface area contributed by atoms with Crippen molar-refractivity contribution in [3.05, 3.63) is 41.1 Å². The zero-order valence-corrected chi connectivity index (χ0v) is 16.4. The van der Waals surface area contributed by atoms with E-state index in [-0.39, 0.29) is 18.6 Å². The molecule has 1 amide bonds. The van der Waals surface area contributed by atoms with Gasteiger partial charge >= 0.3 is 5.97 Å². The fourth-order valence-corrected chi connectivity index (χ4v) is 3.50. The molecule has 1 fully saturated rings. The van der Waals surface area contributed by atoms with E-state index in [1.165, 1.54) is 5.56 Å². The normalized spacial score (nSPS) is 17.1. The van der Waals surface area contributed by atoms with Crippen molar-refractivity contribution in [3.63, 3.8) is 0 Å². The second kappa shape index (κ2) is 8.53. The molecular formula is C20H26N4O4. The lowest BCUT2D eigenvalue weighted by Gasteiger charge is -2.34. The van der Waals surface area contributed by atoms with E-state index in [9.17, 15) is 9.59 Å². The van der Waals surface area contributed by atoms with Gasteiger partial charge in [0, 0.05) is 25.2 Å². The summed E-state index contributed by atoms with van der Waals surface area (Å²) in [6.07, 6.45) is -0.219. The van der Waals surface area contributed by atoms with E-state index in [4.69, 9.17) is 9.84 Å². The number of likely N-dealkylation sites (N-methyl/N-ethyl adjacent to an activating group) is 1. The molecule has 0 spiro atoms. The summed E-state index contributed by atoms with van der Waals surface area (Å²) in [4.78, 5) is 27.1. The van der Waals surface area contributed by atoms with Crippen LogP contribution in [0.15, 0.2) is 24.3 Å². The third kappa shape index (κ3) is 4.76. The summed E-state index contributed by atoms with van der Waals surface area (Å²) in [6, 6.07) is 7.91. The zero-order chi connectivity index (χ0) is 20.3. The largest absolute Gasteiger partial charge is 0.480 e. The van der Waals surface area contributed by atoms with Crippen LogP contribution in [-0.4, -0.2) is 82.9 Å². The van der Waals surface area contributed by atoms with Crippen LogP contribution >= 0.6 is 0 Å². The topological polar surface area (TPSA) is 98.8 Å². The molecular weight excluding hydrogens is 360 g/mol. The Bertz CT molecular complexity index is 864. The van der Waals surface area contributed by atoms with Crippen LogP contribution in [0, 0.1) is 13.8 Å². The number of ether oxygens (including phenoxy) is 1. The summed E-state index contributed by atoms with van der Waals surface area (Å²) >= 11 is 0. The number of aromatic nitrogens is 2. The van der Waals surface area contributed by atoms with E-state index in [0.717, 1.165) is 16.8 Å². The molecule has 1 aromatic carbocycles. The van der Waals surface area contributed by atoms with Gasteiger partial charge in [0.25, 0.3) is 5.91 Å². The van der Waals surface area contributed by atoms with E-state index in [2.05, 4.69) is 16.3 Å². The number of hydrogen-bond donors (Lipinski definition) is 2. The van der Waals surface area contributed by atoms with Gasteiger partial charge in [-0.05, 0) is 32.5 Å². The maximum atomic E-state index is 12.9. The van der Waals surface area contributed by atoms with Crippen LogP contribution in [0.3, 0.4) is 0 Å². The summed E-state index contributed by atoms with van der Waals surface area (Å²) in [5.41, 5.74) is 4.47. The Balaban J connectivity index is 1.67. The molecule has 150 valence electrons. The van der Waals surface area contributed by atoms with Crippen molar-refractivity contribution < 1.29 is 19.4 Å². The maximum absolute atomic E-state index is 12.9. The number of carbonyl (C=O) groups excluding carboxylic acids is 1. The van der Waals surface area contributed by atoms with Crippen molar-refractivity contribution in [2.24, 2.45) is 0 Å². The fourth-order valence-electron chi connectivity index (χ4n) is 3.50. The number of aryl methyl sites for hydroxylation is 2. The van der Waals surface area contributed by atoms with E-state index in [1.54, 1.807) is 22.9 Å². The van der Waals surface area contributed by atoms with Crippen LogP contribution in [0.5, 0.6) is 0 Å². The lowest BCUT2D eigenvalue weighted by Crippen LogP contribution is -2.49. The number of aromatic amines is 1. The van der Waals surface area contributed by atoms with E-state index >= 15 is 0 Å². The standard InChI is InChI=1S/C20H26N4O4/c1-13-4-5-16(14(2)8-13)17-9-18(22-21-17)20(27)24-6-7-28-15(11-24)10-23(3)12-19(25)26/h4-5,8-9,15H,6-7,10-12H2,1-3H3,(H,21,22)(H,25,26). The Labute approximate surface area is 164 Å². The highest BCUT2D eigenvalue weighted by Gasteiger charge is 2.27. The lowest BCUT2D eigenvalue weighted by molar-refractivity contribution is -0.138. The third-order valence-corrected chi connectivity index (χ3v) is 4.81. The number of hydrogen-bond acceptors (Lipinski definition) is 5. The number of aliphatic carboxylic acids is 1. The number of nitrogens with one attached hydrogen (secondary N) is 1. The third-order valence-electron chi connectivity index (χ3n) is 4.81. The second-order valence-corrected chi connectivity index (χ2v) is 7.32. The maximum Gasteiger partial charge on any atom is 0.317 e. The molecule has 0 saturated carbocycles. The molecule has 0 bridgehead atoms. The molecule has 8 heteroatoms. The molecule has 0 aliphatic carbocycles. The molecule has 2 aromatic rings. The number of amides is 1. The first kappa shape index (κ1) is 20.0. The number of nitrogens with zero attached hydrogens (tertiary/aromatic N) is 3. The number of benzene rings is 1. The number of rotatable bonds is 6. The van der Waals surface area contributed by atoms with Crippen molar-refractivity contribution >= 4 is 11.9 Å². The van der Waals surface area contributed by atoms with Gasteiger partial charge in [-0.15, -0.1) is 0 Å². The average molecular weight is 386 g/mol. The highest BCUT2D eigenvalue weighted by molar-refractivity contribution is 5.93. The van der Waals surface area contributed by atoms with Crippen LogP contribution in [0.4, 0.5) is 0 Å². The minimum atomic E-state index is -0.886. The Kier molecular flexibility index (Phi) is 6.11.